The van der Waals surface area contributed by atoms with E-state index in [-0.39, 0.29) is 12.4 Å². The molecule has 17 heavy (non-hydrogen) atoms. The smallest absolute Gasteiger partial charge is 0.336 e. The minimum absolute atomic E-state index is 0. The average molecular weight is 274 g/mol. The van der Waals surface area contributed by atoms with Gasteiger partial charge in [0.15, 0.2) is 5.60 Å². The van der Waals surface area contributed by atoms with Crippen molar-refractivity contribution in [1.82, 2.24) is 0 Å². The van der Waals surface area contributed by atoms with Gasteiger partial charge in [-0.3, -0.25) is 9.59 Å². The van der Waals surface area contributed by atoms with Gasteiger partial charge in [-0.15, -0.1) is 0 Å². The monoisotopic (exact) mass is 273 g/mol. The standard InChI is InChI=1S/C6H8O7.C2H7N.ClH/c7-3(8)1-6(13,5(11)12)2-4(9)10;1-3-2;/h13H,1-2H2,(H,7,8)(H,9,10)(H,11,12);3H,1-2H3;1H. The number of quaternary nitrogens is 1. The lowest BCUT2D eigenvalue weighted by molar-refractivity contribution is -0.597. The second-order valence-corrected chi connectivity index (χ2v) is 3.06. The van der Waals surface area contributed by atoms with Gasteiger partial charge in [0.2, 0.25) is 0 Å². The van der Waals surface area contributed by atoms with Crippen molar-refractivity contribution in [2.75, 3.05) is 14.1 Å². The van der Waals surface area contributed by atoms with Crippen molar-refractivity contribution in [2.24, 2.45) is 0 Å². The van der Waals surface area contributed by atoms with Crippen molar-refractivity contribution in [3.05, 3.63) is 0 Å². The number of carboxylic acids is 3. The minimum atomic E-state index is -2.74. The summed E-state index contributed by atoms with van der Waals surface area (Å²) in [6, 6.07) is 0. The molecule has 9 heteroatoms. The summed E-state index contributed by atoms with van der Waals surface area (Å²) in [5.74, 6) is -5.02. The first-order valence-electron chi connectivity index (χ1n) is 4.33. The number of carbonyl (C=O) groups is 3. The first-order valence-corrected chi connectivity index (χ1v) is 4.33. The molecule has 6 N–H and O–H groups in total. The molecule has 0 aliphatic heterocycles. The Labute approximate surface area is 104 Å². The third-order valence-electron chi connectivity index (χ3n) is 1.29. The van der Waals surface area contributed by atoms with E-state index >= 15 is 0 Å². The first kappa shape index (κ1) is 21.0. The van der Waals surface area contributed by atoms with Crippen molar-refractivity contribution < 1.29 is 52.5 Å². The highest BCUT2D eigenvalue weighted by Gasteiger charge is 2.40. The zero-order valence-corrected chi connectivity index (χ0v) is 10.1. The Hall–Kier alpha value is -1.38. The molecular formula is C8H16ClNO7. The summed E-state index contributed by atoms with van der Waals surface area (Å²) in [4.78, 5) is 30.5. The van der Waals surface area contributed by atoms with E-state index in [0.717, 1.165) is 0 Å². The number of aliphatic hydroxyl groups is 1. The highest BCUT2D eigenvalue weighted by atomic mass is 35.5. The molecule has 0 fully saturated rings. The third-order valence-corrected chi connectivity index (χ3v) is 1.29. The van der Waals surface area contributed by atoms with Gasteiger partial charge in [0, 0.05) is 0 Å². The third kappa shape index (κ3) is 10.9. The quantitative estimate of drug-likeness (QED) is 0.335. The molecule has 0 radical (unpaired) electrons. The lowest BCUT2D eigenvalue weighted by atomic mass is 9.96. The Morgan fingerprint density at radius 1 is 1.00 bits per heavy atom. The van der Waals surface area contributed by atoms with Gasteiger partial charge in [-0.25, -0.2) is 4.79 Å². The van der Waals surface area contributed by atoms with Gasteiger partial charge in [-0.2, -0.15) is 0 Å². The number of hydrogen-bond acceptors (Lipinski definition) is 4. The summed E-state index contributed by atoms with van der Waals surface area (Å²) in [5.41, 5.74) is -2.74. The molecule has 0 amide bonds. The van der Waals surface area contributed by atoms with Crippen molar-refractivity contribution in [1.29, 1.82) is 0 Å². The van der Waals surface area contributed by atoms with Crippen LogP contribution in [-0.2, 0) is 14.4 Å². The van der Waals surface area contributed by atoms with Gasteiger partial charge in [-0.1, -0.05) is 0 Å². The van der Waals surface area contributed by atoms with Gasteiger partial charge in [0.1, 0.15) is 0 Å². The molecular weight excluding hydrogens is 258 g/mol. The van der Waals surface area contributed by atoms with Crippen molar-refractivity contribution in [3.8, 4) is 0 Å². The summed E-state index contributed by atoms with van der Waals surface area (Å²) in [6.07, 6.45) is -2.29. The summed E-state index contributed by atoms with van der Waals surface area (Å²) in [6.45, 7) is 0. The minimum Gasteiger partial charge on any atom is -1.00 e. The molecule has 0 saturated carbocycles. The van der Waals surface area contributed by atoms with Crippen molar-refractivity contribution >= 4 is 17.9 Å². The SMILES string of the molecule is C[NH2+]C.O=C(O)CC(O)(CC(=O)O)C(=O)O.[Cl-]. The maximum Gasteiger partial charge on any atom is 0.336 e. The average Bonchev–Trinajstić information content (AvgIpc) is 2.01. The molecule has 0 aromatic heterocycles. The molecule has 0 bridgehead atoms. The number of aliphatic carboxylic acids is 3. The van der Waals surface area contributed by atoms with Gasteiger partial charge >= 0.3 is 17.9 Å². The van der Waals surface area contributed by atoms with Crippen LogP contribution >= 0.6 is 0 Å². The van der Waals surface area contributed by atoms with Gasteiger partial charge in [0.05, 0.1) is 26.9 Å². The van der Waals surface area contributed by atoms with Crippen LogP contribution in [0.1, 0.15) is 12.8 Å². The van der Waals surface area contributed by atoms with Crippen LogP contribution in [0.15, 0.2) is 0 Å². The number of hydrogen-bond donors (Lipinski definition) is 5. The van der Waals surface area contributed by atoms with Crippen LogP contribution in [0.4, 0.5) is 0 Å². The zero-order valence-electron chi connectivity index (χ0n) is 9.38. The van der Waals surface area contributed by atoms with Crippen LogP contribution in [0.5, 0.6) is 0 Å². The summed E-state index contributed by atoms with van der Waals surface area (Å²) >= 11 is 0. The summed E-state index contributed by atoms with van der Waals surface area (Å²) in [5, 5.41) is 35.8. The molecule has 0 aromatic rings. The van der Waals surface area contributed by atoms with E-state index in [1.807, 2.05) is 19.4 Å². The molecule has 0 heterocycles. The number of carboxylic acid groups (broad SMARTS) is 3. The number of nitrogens with two attached hydrogens (primary N) is 1. The molecule has 0 aliphatic rings. The second-order valence-electron chi connectivity index (χ2n) is 3.06. The molecule has 0 unspecified atom stereocenters. The van der Waals surface area contributed by atoms with E-state index in [0.29, 0.717) is 0 Å². The molecule has 0 aliphatic carbocycles. The van der Waals surface area contributed by atoms with E-state index in [9.17, 15) is 14.4 Å². The van der Waals surface area contributed by atoms with Crippen LogP contribution in [0, 0.1) is 0 Å². The van der Waals surface area contributed by atoms with Gasteiger partial charge < -0.3 is 38.1 Å². The fourth-order valence-electron chi connectivity index (χ4n) is 0.714. The van der Waals surface area contributed by atoms with Crippen LogP contribution in [0.2, 0.25) is 0 Å². The van der Waals surface area contributed by atoms with Crippen LogP contribution < -0.4 is 17.7 Å². The molecule has 102 valence electrons. The van der Waals surface area contributed by atoms with Crippen LogP contribution in [-0.4, -0.2) is 58.0 Å². The van der Waals surface area contributed by atoms with Crippen LogP contribution in [0.3, 0.4) is 0 Å². The maximum atomic E-state index is 10.3. The highest BCUT2D eigenvalue weighted by molar-refractivity contribution is 5.88. The number of halogens is 1. The maximum absolute atomic E-state index is 10.3. The fourth-order valence-corrected chi connectivity index (χ4v) is 0.714. The van der Waals surface area contributed by atoms with E-state index in [4.69, 9.17) is 20.4 Å². The van der Waals surface area contributed by atoms with E-state index < -0.39 is 36.4 Å². The molecule has 0 saturated heterocycles. The van der Waals surface area contributed by atoms with E-state index in [1.165, 1.54) is 0 Å². The lowest BCUT2D eigenvalue weighted by Crippen LogP contribution is -3.00. The molecule has 0 aromatic carbocycles. The fraction of sp³-hybridized carbons (Fsp3) is 0.625. The van der Waals surface area contributed by atoms with Crippen molar-refractivity contribution in [2.45, 2.75) is 18.4 Å². The second kappa shape index (κ2) is 9.82. The summed E-state index contributed by atoms with van der Waals surface area (Å²) < 4.78 is 0. The lowest BCUT2D eigenvalue weighted by Gasteiger charge is -2.18. The Morgan fingerprint density at radius 2 is 1.24 bits per heavy atom. The Bertz CT molecular complexity index is 253. The highest BCUT2D eigenvalue weighted by Crippen LogP contribution is 2.15. The van der Waals surface area contributed by atoms with E-state index in [1.54, 1.807) is 0 Å². The molecule has 8 nitrogen and oxygen atoms in total. The Balaban J connectivity index is -0.000000440. The number of rotatable bonds is 5. The first-order chi connectivity index (χ1) is 7.19. The van der Waals surface area contributed by atoms with Gasteiger partial charge in [-0.05, 0) is 0 Å². The Morgan fingerprint density at radius 3 is 1.35 bits per heavy atom. The molecule has 0 rings (SSSR count). The predicted molar refractivity (Wildman–Crippen MR) is 50.9 cm³/mol. The Kier molecular flexibility index (Phi) is 12.1. The molecule has 0 atom stereocenters. The summed E-state index contributed by atoms with van der Waals surface area (Å²) in [7, 11) is 4.00. The molecule has 0 spiro atoms. The predicted octanol–water partition coefficient (Wildman–Crippen LogP) is -5.44. The largest absolute Gasteiger partial charge is 1.00 e. The van der Waals surface area contributed by atoms with Gasteiger partial charge in [0.25, 0.3) is 0 Å². The zero-order chi connectivity index (χ0) is 13.4. The van der Waals surface area contributed by atoms with E-state index in [2.05, 4.69) is 0 Å². The normalized spacial score (nSPS) is 9.35. The topological polar surface area (TPSA) is 149 Å². The van der Waals surface area contributed by atoms with Crippen molar-refractivity contribution in [3.63, 3.8) is 0 Å². The van der Waals surface area contributed by atoms with Crippen LogP contribution in [0.25, 0.3) is 0 Å².